The zero-order valence-corrected chi connectivity index (χ0v) is 9.15. The highest BCUT2D eigenvalue weighted by Crippen LogP contribution is 2.05. The molecule has 0 saturated carbocycles. The van der Waals surface area contributed by atoms with Crippen LogP contribution in [-0.4, -0.2) is 28.5 Å². The molecule has 16 heavy (non-hydrogen) atoms. The first kappa shape index (κ1) is 11.0. The summed E-state index contributed by atoms with van der Waals surface area (Å²) in [6.45, 7) is 1.38. The molecule has 1 aliphatic rings. The number of carbonyl (C=O) groups is 1. The van der Waals surface area contributed by atoms with E-state index in [0.29, 0.717) is 6.54 Å². The molecular weight excluding hydrogens is 204 g/mol. The maximum atomic E-state index is 11.6. The molecule has 5 heteroatoms. The van der Waals surface area contributed by atoms with Crippen molar-refractivity contribution in [2.75, 3.05) is 6.54 Å². The number of hydrogen-bond donors (Lipinski definition) is 2. The van der Waals surface area contributed by atoms with Gasteiger partial charge < -0.3 is 10.6 Å². The predicted molar refractivity (Wildman–Crippen MR) is 59.5 cm³/mol. The summed E-state index contributed by atoms with van der Waals surface area (Å²) < 4.78 is 0. The zero-order valence-electron chi connectivity index (χ0n) is 9.15. The molecular formula is C11H16N4O. The van der Waals surface area contributed by atoms with Crippen LogP contribution in [0.4, 0.5) is 0 Å². The number of hydrogen-bond acceptors (Lipinski definition) is 4. The van der Waals surface area contributed by atoms with E-state index in [9.17, 15) is 4.79 Å². The van der Waals surface area contributed by atoms with E-state index in [0.717, 1.165) is 31.5 Å². The van der Waals surface area contributed by atoms with Gasteiger partial charge in [-0.1, -0.05) is 0 Å². The van der Waals surface area contributed by atoms with Crippen LogP contribution >= 0.6 is 0 Å². The van der Waals surface area contributed by atoms with Gasteiger partial charge in [-0.3, -0.25) is 14.8 Å². The summed E-state index contributed by atoms with van der Waals surface area (Å²) in [6.07, 6.45) is 8.05. The van der Waals surface area contributed by atoms with Crippen LogP contribution in [0.3, 0.4) is 0 Å². The molecule has 0 aromatic carbocycles. The molecule has 2 heterocycles. The number of carbonyl (C=O) groups excluding carboxylic acids is 1. The molecule has 1 saturated heterocycles. The minimum absolute atomic E-state index is 0.0930. The van der Waals surface area contributed by atoms with E-state index in [4.69, 9.17) is 0 Å². The predicted octanol–water partition coefficient (Wildman–Crippen LogP) is 0.235. The molecule has 1 fully saturated rings. The van der Waals surface area contributed by atoms with Crippen LogP contribution in [0.2, 0.25) is 0 Å². The van der Waals surface area contributed by atoms with Crippen molar-refractivity contribution in [3.8, 4) is 0 Å². The molecule has 0 aliphatic carbocycles. The maximum absolute atomic E-state index is 11.6. The lowest BCUT2D eigenvalue weighted by Crippen LogP contribution is -2.42. The molecule has 1 unspecified atom stereocenters. The number of rotatable bonds is 3. The fraction of sp³-hybridized carbons (Fsp3) is 0.545. The molecule has 5 nitrogen and oxygen atoms in total. The number of amides is 1. The van der Waals surface area contributed by atoms with Crippen molar-refractivity contribution in [3.05, 3.63) is 24.3 Å². The summed E-state index contributed by atoms with van der Waals surface area (Å²) in [6, 6.07) is -0.0930. The van der Waals surface area contributed by atoms with Gasteiger partial charge in [-0.05, 0) is 19.3 Å². The standard InChI is InChI=1S/C11H16N4O/c16-11-10(3-1-2-4-14-11)15-8-9-7-12-5-6-13-9/h5-7,10,15H,1-4,8H2,(H,14,16). The maximum Gasteiger partial charge on any atom is 0.237 e. The molecule has 1 amide bonds. The van der Waals surface area contributed by atoms with Crippen molar-refractivity contribution < 1.29 is 4.79 Å². The Morgan fingerprint density at radius 1 is 1.44 bits per heavy atom. The first-order chi connectivity index (χ1) is 7.86. The third-order valence-corrected chi connectivity index (χ3v) is 2.68. The van der Waals surface area contributed by atoms with Crippen LogP contribution in [-0.2, 0) is 11.3 Å². The lowest BCUT2D eigenvalue weighted by molar-refractivity contribution is -0.122. The Morgan fingerprint density at radius 2 is 2.38 bits per heavy atom. The molecule has 2 N–H and O–H groups in total. The topological polar surface area (TPSA) is 66.9 Å². The SMILES string of the molecule is O=C1NCCCCC1NCc1cnccn1. The largest absolute Gasteiger partial charge is 0.355 e. The summed E-state index contributed by atoms with van der Waals surface area (Å²) in [5.74, 6) is 0.0985. The van der Waals surface area contributed by atoms with Crippen LogP contribution in [0.5, 0.6) is 0 Å². The molecule has 86 valence electrons. The third-order valence-electron chi connectivity index (χ3n) is 2.68. The van der Waals surface area contributed by atoms with E-state index in [1.165, 1.54) is 0 Å². The van der Waals surface area contributed by atoms with Gasteiger partial charge in [0.1, 0.15) is 0 Å². The van der Waals surface area contributed by atoms with Crippen molar-refractivity contribution >= 4 is 5.91 Å². The quantitative estimate of drug-likeness (QED) is 0.765. The monoisotopic (exact) mass is 220 g/mol. The van der Waals surface area contributed by atoms with Gasteiger partial charge in [-0.25, -0.2) is 0 Å². The van der Waals surface area contributed by atoms with Gasteiger partial charge in [-0.2, -0.15) is 0 Å². The summed E-state index contributed by atoms with van der Waals surface area (Å²) in [7, 11) is 0. The summed E-state index contributed by atoms with van der Waals surface area (Å²) >= 11 is 0. The normalized spacial score (nSPS) is 21.2. The Hall–Kier alpha value is -1.49. The Balaban J connectivity index is 1.86. The molecule has 2 rings (SSSR count). The lowest BCUT2D eigenvalue weighted by atomic mass is 10.1. The lowest BCUT2D eigenvalue weighted by Gasteiger charge is -2.14. The van der Waals surface area contributed by atoms with Crippen LogP contribution < -0.4 is 10.6 Å². The Labute approximate surface area is 94.7 Å². The highest BCUT2D eigenvalue weighted by atomic mass is 16.2. The third kappa shape index (κ3) is 3.00. The summed E-state index contributed by atoms with van der Waals surface area (Å²) in [5, 5.41) is 6.11. The van der Waals surface area contributed by atoms with E-state index in [1.54, 1.807) is 18.6 Å². The van der Waals surface area contributed by atoms with Gasteiger partial charge in [0, 0.05) is 31.7 Å². The first-order valence-electron chi connectivity index (χ1n) is 5.62. The molecule has 1 aromatic rings. The Kier molecular flexibility index (Phi) is 3.82. The number of aromatic nitrogens is 2. The molecule has 0 spiro atoms. The highest BCUT2D eigenvalue weighted by molar-refractivity contribution is 5.81. The fourth-order valence-electron chi connectivity index (χ4n) is 1.78. The van der Waals surface area contributed by atoms with E-state index < -0.39 is 0 Å². The van der Waals surface area contributed by atoms with Crippen molar-refractivity contribution in [3.63, 3.8) is 0 Å². The van der Waals surface area contributed by atoms with Crippen molar-refractivity contribution in [2.24, 2.45) is 0 Å². The minimum Gasteiger partial charge on any atom is -0.355 e. The van der Waals surface area contributed by atoms with Crippen molar-refractivity contribution in [1.82, 2.24) is 20.6 Å². The van der Waals surface area contributed by atoms with Gasteiger partial charge in [0.05, 0.1) is 11.7 Å². The van der Waals surface area contributed by atoms with Gasteiger partial charge >= 0.3 is 0 Å². The van der Waals surface area contributed by atoms with Crippen LogP contribution in [0.25, 0.3) is 0 Å². The van der Waals surface area contributed by atoms with Crippen LogP contribution in [0.15, 0.2) is 18.6 Å². The smallest absolute Gasteiger partial charge is 0.237 e. The average Bonchev–Trinajstić information content (AvgIpc) is 2.53. The fourth-order valence-corrected chi connectivity index (χ4v) is 1.78. The van der Waals surface area contributed by atoms with E-state index in [1.807, 2.05) is 0 Å². The van der Waals surface area contributed by atoms with Gasteiger partial charge in [0.2, 0.25) is 5.91 Å². The number of nitrogens with zero attached hydrogens (tertiary/aromatic N) is 2. The molecule has 1 aliphatic heterocycles. The second-order valence-corrected chi connectivity index (χ2v) is 3.92. The van der Waals surface area contributed by atoms with Crippen LogP contribution in [0, 0.1) is 0 Å². The summed E-state index contributed by atoms with van der Waals surface area (Å²) in [5.41, 5.74) is 0.861. The van der Waals surface area contributed by atoms with Crippen molar-refractivity contribution in [2.45, 2.75) is 31.8 Å². The minimum atomic E-state index is -0.0930. The number of nitrogens with one attached hydrogen (secondary N) is 2. The molecule has 0 radical (unpaired) electrons. The highest BCUT2D eigenvalue weighted by Gasteiger charge is 2.19. The zero-order chi connectivity index (χ0) is 11.2. The van der Waals surface area contributed by atoms with E-state index in [-0.39, 0.29) is 11.9 Å². The Morgan fingerprint density at radius 3 is 3.19 bits per heavy atom. The summed E-state index contributed by atoms with van der Waals surface area (Å²) in [4.78, 5) is 19.8. The molecule has 1 aromatic heterocycles. The molecule has 1 atom stereocenters. The van der Waals surface area contributed by atoms with Gasteiger partial charge in [-0.15, -0.1) is 0 Å². The van der Waals surface area contributed by atoms with Crippen molar-refractivity contribution in [1.29, 1.82) is 0 Å². The molecule has 0 bridgehead atoms. The Bertz CT molecular complexity index is 341. The second kappa shape index (κ2) is 5.55. The van der Waals surface area contributed by atoms with Crippen LogP contribution in [0.1, 0.15) is 25.0 Å². The first-order valence-corrected chi connectivity index (χ1v) is 5.62. The van der Waals surface area contributed by atoms with E-state index in [2.05, 4.69) is 20.6 Å². The average molecular weight is 220 g/mol. The second-order valence-electron chi connectivity index (χ2n) is 3.92. The van der Waals surface area contributed by atoms with Gasteiger partial charge in [0.25, 0.3) is 0 Å². The van der Waals surface area contributed by atoms with Gasteiger partial charge in [0.15, 0.2) is 0 Å². The van der Waals surface area contributed by atoms with E-state index >= 15 is 0 Å².